The molecular weight excluding hydrogens is 348 g/mol. The lowest BCUT2D eigenvalue weighted by molar-refractivity contribution is 0.415. The molecule has 1 saturated heterocycles. The maximum Gasteiger partial charge on any atom is 0.150 e. The number of methoxy groups -OCH3 is 1. The average Bonchev–Trinajstić information content (AvgIpc) is 3.35. The molecule has 0 amide bonds. The molecule has 0 saturated carbocycles. The normalized spacial score (nSPS) is 21.5. The fourth-order valence-corrected chi connectivity index (χ4v) is 4.35. The van der Waals surface area contributed by atoms with Crippen molar-refractivity contribution in [3.05, 3.63) is 53.9 Å². The standard InChI is InChI=1S/C21H19F2N3O/c1-27-19-3-2-14(22)6-15(19)20-16-7-18(26-21(16)25-10-17(20)23)11-4-12-8-24-9-13(12)5-11/h2-4,6-7,10,12-13,24H,5,8-9H2,1H3,(H,25,26). The Labute approximate surface area is 155 Å². The molecule has 3 heterocycles. The molecule has 138 valence electrons. The van der Waals surface area contributed by atoms with Crippen LogP contribution in [0, 0.1) is 23.5 Å². The van der Waals surface area contributed by atoms with Crippen molar-refractivity contribution >= 4 is 16.6 Å². The lowest BCUT2D eigenvalue weighted by Crippen LogP contribution is -2.09. The predicted molar refractivity (Wildman–Crippen MR) is 100 cm³/mol. The number of H-pyrrole nitrogens is 1. The second kappa shape index (κ2) is 6.16. The van der Waals surface area contributed by atoms with Crippen LogP contribution in [-0.2, 0) is 0 Å². The Hall–Kier alpha value is -2.73. The highest BCUT2D eigenvalue weighted by molar-refractivity contribution is 5.97. The molecule has 1 aromatic carbocycles. The molecule has 2 unspecified atom stereocenters. The van der Waals surface area contributed by atoms with E-state index in [1.165, 1.54) is 37.1 Å². The summed E-state index contributed by atoms with van der Waals surface area (Å²) in [5.41, 5.74) is 3.47. The highest BCUT2D eigenvalue weighted by Crippen LogP contribution is 2.41. The van der Waals surface area contributed by atoms with Crippen LogP contribution in [0.2, 0.25) is 0 Å². The number of aromatic amines is 1. The van der Waals surface area contributed by atoms with Crippen LogP contribution in [0.3, 0.4) is 0 Å². The molecule has 2 N–H and O–H groups in total. The van der Waals surface area contributed by atoms with Gasteiger partial charge in [0.15, 0.2) is 0 Å². The lowest BCUT2D eigenvalue weighted by Gasteiger charge is -2.10. The number of hydrogen-bond donors (Lipinski definition) is 2. The Bertz CT molecular complexity index is 1070. The molecule has 27 heavy (non-hydrogen) atoms. The number of fused-ring (bicyclic) bond motifs is 2. The fourth-order valence-electron chi connectivity index (χ4n) is 4.35. The van der Waals surface area contributed by atoms with Crippen LogP contribution in [0.1, 0.15) is 12.1 Å². The monoisotopic (exact) mass is 367 g/mol. The Kier molecular flexibility index (Phi) is 3.75. The Morgan fingerprint density at radius 1 is 1.19 bits per heavy atom. The molecule has 0 radical (unpaired) electrons. The summed E-state index contributed by atoms with van der Waals surface area (Å²) >= 11 is 0. The zero-order valence-corrected chi connectivity index (χ0v) is 14.9. The molecule has 0 spiro atoms. The van der Waals surface area contributed by atoms with Crippen LogP contribution in [0.5, 0.6) is 5.75 Å². The summed E-state index contributed by atoms with van der Waals surface area (Å²) < 4.78 is 34.0. The van der Waals surface area contributed by atoms with Crippen LogP contribution < -0.4 is 10.1 Å². The number of nitrogens with one attached hydrogen (secondary N) is 2. The number of benzene rings is 1. The van der Waals surface area contributed by atoms with Gasteiger partial charge in [-0.25, -0.2) is 13.8 Å². The number of allylic oxidation sites excluding steroid dienone is 1. The highest BCUT2D eigenvalue weighted by Gasteiger charge is 2.32. The topological polar surface area (TPSA) is 49.9 Å². The van der Waals surface area contributed by atoms with E-state index >= 15 is 0 Å². The molecular formula is C21H19F2N3O. The summed E-state index contributed by atoms with van der Waals surface area (Å²) in [6.45, 7) is 2.04. The van der Waals surface area contributed by atoms with Crippen molar-refractivity contribution in [2.75, 3.05) is 20.2 Å². The van der Waals surface area contributed by atoms with Gasteiger partial charge >= 0.3 is 0 Å². The molecule has 4 nitrogen and oxygen atoms in total. The number of halogens is 2. The number of ether oxygens (including phenoxy) is 1. The van der Waals surface area contributed by atoms with Gasteiger partial charge in [-0.05, 0) is 54.6 Å². The molecule has 2 aromatic heterocycles. The largest absolute Gasteiger partial charge is 0.496 e. The van der Waals surface area contributed by atoms with E-state index in [9.17, 15) is 8.78 Å². The summed E-state index contributed by atoms with van der Waals surface area (Å²) in [6.07, 6.45) is 4.46. The predicted octanol–water partition coefficient (Wildman–Crippen LogP) is 4.14. The smallest absolute Gasteiger partial charge is 0.150 e. The first-order valence-corrected chi connectivity index (χ1v) is 9.07. The van der Waals surface area contributed by atoms with E-state index < -0.39 is 11.6 Å². The van der Waals surface area contributed by atoms with Crippen LogP contribution in [0.25, 0.3) is 27.7 Å². The average molecular weight is 367 g/mol. The molecule has 1 aliphatic heterocycles. The van der Waals surface area contributed by atoms with Crippen molar-refractivity contribution in [2.45, 2.75) is 6.42 Å². The molecule has 1 aliphatic carbocycles. The van der Waals surface area contributed by atoms with E-state index in [4.69, 9.17) is 4.74 Å². The Morgan fingerprint density at radius 2 is 2.07 bits per heavy atom. The van der Waals surface area contributed by atoms with Gasteiger partial charge in [0.2, 0.25) is 0 Å². The van der Waals surface area contributed by atoms with E-state index in [-0.39, 0.29) is 0 Å². The first-order valence-electron chi connectivity index (χ1n) is 9.07. The van der Waals surface area contributed by atoms with E-state index in [0.29, 0.717) is 39.7 Å². The van der Waals surface area contributed by atoms with Gasteiger partial charge < -0.3 is 15.0 Å². The summed E-state index contributed by atoms with van der Waals surface area (Å²) in [6, 6.07) is 6.04. The fraction of sp³-hybridized carbons (Fsp3) is 0.286. The molecule has 6 heteroatoms. The van der Waals surface area contributed by atoms with Crippen molar-refractivity contribution in [3.63, 3.8) is 0 Å². The van der Waals surface area contributed by atoms with Gasteiger partial charge in [-0.15, -0.1) is 0 Å². The zero-order valence-electron chi connectivity index (χ0n) is 14.9. The summed E-state index contributed by atoms with van der Waals surface area (Å²) in [7, 11) is 1.49. The van der Waals surface area contributed by atoms with E-state index in [2.05, 4.69) is 21.4 Å². The Balaban J connectivity index is 1.67. The van der Waals surface area contributed by atoms with Crippen molar-refractivity contribution < 1.29 is 13.5 Å². The van der Waals surface area contributed by atoms with Gasteiger partial charge in [0.05, 0.1) is 13.3 Å². The first kappa shape index (κ1) is 16.4. The number of hydrogen-bond acceptors (Lipinski definition) is 3. The van der Waals surface area contributed by atoms with Crippen LogP contribution in [0.15, 0.2) is 36.5 Å². The lowest BCUT2D eigenvalue weighted by atomic mass is 9.99. The summed E-state index contributed by atoms with van der Waals surface area (Å²) in [4.78, 5) is 7.52. The molecule has 0 bridgehead atoms. The molecule has 5 rings (SSSR count). The van der Waals surface area contributed by atoms with Gasteiger partial charge in [-0.2, -0.15) is 0 Å². The summed E-state index contributed by atoms with van der Waals surface area (Å²) in [5, 5.41) is 4.04. The van der Waals surface area contributed by atoms with Crippen LogP contribution in [0.4, 0.5) is 8.78 Å². The van der Waals surface area contributed by atoms with Crippen molar-refractivity contribution in [1.29, 1.82) is 0 Å². The third-order valence-electron chi connectivity index (χ3n) is 5.68. The van der Waals surface area contributed by atoms with Gasteiger partial charge in [0, 0.05) is 28.8 Å². The van der Waals surface area contributed by atoms with Crippen molar-refractivity contribution in [1.82, 2.24) is 15.3 Å². The van der Waals surface area contributed by atoms with Crippen molar-refractivity contribution in [3.8, 4) is 16.9 Å². The molecule has 3 aromatic rings. The number of pyridine rings is 1. The van der Waals surface area contributed by atoms with Crippen LogP contribution in [-0.4, -0.2) is 30.2 Å². The second-order valence-corrected chi connectivity index (χ2v) is 7.25. The number of nitrogens with zero attached hydrogens (tertiary/aromatic N) is 1. The third-order valence-corrected chi connectivity index (χ3v) is 5.68. The minimum atomic E-state index is -0.501. The van der Waals surface area contributed by atoms with Gasteiger partial charge in [-0.3, -0.25) is 0 Å². The molecule has 2 aliphatic rings. The maximum atomic E-state index is 14.8. The maximum absolute atomic E-state index is 14.8. The minimum absolute atomic E-state index is 0.305. The van der Waals surface area contributed by atoms with E-state index in [1.807, 2.05) is 6.07 Å². The zero-order chi connectivity index (χ0) is 18.5. The first-order chi connectivity index (χ1) is 13.1. The number of rotatable bonds is 3. The van der Waals surface area contributed by atoms with Gasteiger partial charge in [0.25, 0.3) is 0 Å². The van der Waals surface area contributed by atoms with E-state index in [0.717, 1.165) is 25.2 Å². The van der Waals surface area contributed by atoms with E-state index in [1.54, 1.807) is 0 Å². The molecule has 1 fully saturated rings. The third kappa shape index (κ3) is 2.63. The quantitative estimate of drug-likeness (QED) is 0.732. The van der Waals surface area contributed by atoms with Crippen LogP contribution >= 0.6 is 0 Å². The number of aromatic nitrogens is 2. The van der Waals surface area contributed by atoms with Crippen molar-refractivity contribution in [2.24, 2.45) is 11.8 Å². The minimum Gasteiger partial charge on any atom is -0.496 e. The SMILES string of the molecule is COc1ccc(F)cc1-c1c(F)cnc2[nH]c(C3=CC4CNCC4C3)cc12. The van der Waals surface area contributed by atoms with Gasteiger partial charge in [0.1, 0.15) is 23.0 Å². The van der Waals surface area contributed by atoms with Gasteiger partial charge in [-0.1, -0.05) is 6.08 Å². The summed E-state index contributed by atoms with van der Waals surface area (Å²) in [5.74, 6) is 0.659. The molecule has 2 atom stereocenters. The highest BCUT2D eigenvalue weighted by atomic mass is 19.1. The Morgan fingerprint density at radius 3 is 2.89 bits per heavy atom. The second-order valence-electron chi connectivity index (χ2n) is 7.25.